The molecule has 1 amide bonds. The first-order chi connectivity index (χ1) is 16.5. The molecule has 0 bridgehead atoms. The first-order valence-electron chi connectivity index (χ1n) is 10.4. The molecule has 34 heavy (non-hydrogen) atoms. The van der Waals surface area contributed by atoms with Crippen molar-refractivity contribution in [3.8, 4) is 17.1 Å². The third-order valence-corrected chi connectivity index (χ3v) is 5.04. The van der Waals surface area contributed by atoms with Gasteiger partial charge >= 0.3 is 5.97 Å². The van der Waals surface area contributed by atoms with E-state index in [2.05, 4.69) is 15.5 Å². The zero-order chi connectivity index (χ0) is 23.9. The molecule has 0 aliphatic heterocycles. The Morgan fingerprint density at radius 3 is 2.38 bits per heavy atom. The molecule has 9 heteroatoms. The van der Waals surface area contributed by atoms with E-state index >= 15 is 0 Å². The maximum atomic E-state index is 13.0. The molecule has 0 aliphatic rings. The van der Waals surface area contributed by atoms with Crippen molar-refractivity contribution < 1.29 is 23.2 Å². The fourth-order valence-corrected chi connectivity index (χ4v) is 3.18. The van der Waals surface area contributed by atoms with E-state index in [9.17, 15) is 14.0 Å². The summed E-state index contributed by atoms with van der Waals surface area (Å²) in [5, 5.41) is 7.19. The molecule has 1 N–H and O–H groups in total. The summed E-state index contributed by atoms with van der Waals surface area (Å²) in [5.41, 5.74) is 1.68. The van der Waals surface area contributed by atoms with E-state index in [0.29, 0.717) is 52.1 Å². The minimum Gasteiger partial charge on any atom is -0.427 e. The van der Waals surface area contributed by atoms with E-state index in [0.717, 1.165) is 0 Å². The molecule has 3 aromatic carbocycles. The van der Waals surface area contributed by atoms with Gasteiger partial charge in [-0.25, -0.2) is 4.39 Å². The van der Waals surface area contributed by atoms with E-state index < -0.39 is 5.97 Å². The van der Waals surface area contributed by atoms with Gasteiger partial charge in [0.2, 0.25) is 11.7 Å². The Morgan fingerprint density at radius 2 is 1.68 bits per heavy atom. The number of amides is 1. The van der Waals surface area contributed by atoms with Crippen LogP contribution < -0.4 is 10.1 Å². The number of ether oxygens (including phenoxy) is 1. The lowest BCUT2D eigenvalue weighted by molar-refractivity contribution is -0.134. The molecule has 0 radical (unpaired) electrons. The predicted octanol–water partition coefficient (Wildman–Crippen LogP) is 5.71. The smallest absolute Gasteiger partial charge is 0.311 e. The zero-order valence-corrected chi connectivity index (χ0v) is 18.6. The Balaban J connectivity index is 1.22. The maximum absolute atomic E-state index is 13.0. The summed E-state index contributed by atoms with van der Waals surface area (Å²) >= 11 is 5.83. The van der Waals surface area contributed by atoms with Gasteiger partial charge in [-0.1, -0.05) is 16.8 Å². The summed E-state index contributed by atoms with van der Waals surface area (Å²) in [7, 11) is 0. The van der Waals surface area contributed by atoms with Crippen molar-refractivity contribution in [2.45, 2.75) is 19.3 Å². The van der Waals surface area contributed by atoms with Crippen molar-refractivity contribution in [2.24, 2.45) is 0 Å². The number of aryl methyl sites for hydroxylation is 1. The molecular formula is C25H19ClFN3O4. The van der Waals surface area contributed by atoms with E-state index in [1.807, 2.05) is 0 Å². The molecule has 7 nitrogen and oxygen atoms in total. The van der Waals surface area contributed by atoms with Crippen LogP contribution in [0.4, 0.5) is 10.1 Å². The van der Waals surface area contributed by atoms with Crippen molar-refractivity contribution in [1.29, 1.82) is 0 Å². The minimum atomic E-state index is -0.406. The lowest BCUT2D eigenvalue weighted by Crippen LogP contribution is -2.12. The topological polar surface area (TPSA) is 94.3 Å². The Kier molecular flexibility index (Phi) is 7.29. The van der Waals surface area contributed by atoms with E-state index in [4.69, 9.17) is 20.9 Å². The number of hydrogen-bond acceptors (Lipinski definition) is 6. The van der Waals surface area contributed by atoms with Gasteiger partial charge < -0.3 is 14.6 Å². The van der Waals surface area contributed by atoms with Crippen LogP contribution in [0.25, 0.3) is 11.4 Å². The Morgan fingerprint density at radius 1 is 0.971 bits per heavy atom. The average Bonchev–Trinajstić information content (AvgIpc) is 3.30. The quantitative estimate of drug-likeness (QED) is 0.257. The monoisotopic (exact) mass is 479 g/mol. The number of carbonyl (C=O) groups is 2. The summed E-state index contributed by atoms with van der Waals surface area (Å²) in [6.45, 7) is 0. The summed E-state index contributed by atoms with van der Waals surface area (Å²) < 4.78 is 23.5. The SMILES string of the molecule is O=C(CCCc1nc(-c2ccc(F)cc2)no1)Oc1ccc(NC(=O)c2ccc(Cl)cc2)cc1. The molecule has 172 valence electrons. The van der Waals surface area contributed by atoms with Crippen molar-refractivity contribution >= 4 is 29.2 Å². The molecular weight excluding hydrogens is 461 g/mol. The van der Waals surface area contributed by atoms with E-state index in [-0.39, 0.29) is 18.1 Å². The lowest BCUT2D eigenvalue weighted by Gasteiger charge is -2.07. The number of nitrogens with zero attached hydrogens (tertiary/aromatic N) is 2. The van der Waals surface area contributed by atoms with Gasteiger partial charge in [-0.3, -0.25) is 9.59 Å². The van der Waals surface area contributed by atoms with Gasteiger partial charge in [0.05, 0.1) is 0 Å². The normalized spacial score (nSPS) is 10.6. The fraction of sp³-hybridized carbons (Fsp3) is 0.120. The molecule has 0 fully saturated rings. The van der Waals surface area contributed by atoms with Crippen LogP contribution in [0.5, 0.6) is 5.75 Å². The number of anilines is 1. The second kappa shape index (κ2) is 10.7. The van der Waals surface area contributed by atoms with Crippen LogP contribution in [-0.2, 0) is 11.2 Å². The van der Waals surface area contributed by atoms with Crippen LogP contribution in [0.3, 0.4) is 0 Å². The van der Waals surface area contributed by atoms with Crippen molar-refractivity contribution in [1.82, 2.24) is 10.1 Å². The van der Waals surface area contributed by atoms with Gasteiger partial charge in [0.25, 0.3) is 5.91 Å². The molecule has 0 atom stereocenters. The van der Waals surface area contributed by atoms with Crippen LogP contribution in [-0.4, -0.2) is 22.0 Å². The summed E-state index contributed by atoms with van der Waals surface area (Å²) in [4.78, 5) is 28.6. The fourth-order valence-electron chi connectivity index (χ4n) is 3.05. The van der Waals surface area contributed by atoms with Crippen LogP contribution in [0.1, 0.15) is 29.1 Å². The summed E-state index contributed by atoms with van der Waals surface area (Å²) in [5.74, 6) is 0.0872. The average molecular weight is 480 g/mol. The minimum absolute atomic E-state index is 0.156. The van der Waals surface area contributed by atoms with Crippen molar-refractivity contribution in [3.63, 3.8) is 0 Å². The molecule has 0 saturated heterocycles. The summed E-state index contributed by atoms with van der Waals surface area (Å²) in [6.07, 6.45) is 1.02. The molecule has 4 rings (SSSR count). The van der Waals surface area contributed by atoms with Gasteiger partial charge in [0.1, 0.15) is 11.6 Å². The third-order valence-electron chi connectivity index (χ3n) is 4.79. The highest BCUT2D eigenvalue weighted by molar-refractivity contribution is 6.30. The summed E-state index contributed by atoms with van der Waals surface area (Å²) in [6, 6.07) is 18.8. The van der Waals surface area contributed by atoms with Crippen LogP contribution in [0.15, 0.2) is 77.3 Å². The Labute approximate surface area is 199 Å². The Bertz CT molecular complexity index is 1270. The number of nitrogens with one attached hydrogen (secondary N) is 1. The van der Waals surface area contributed by atoms with Gasteiger partial charge in [0.15, 0.2) is 0 Å². The van der Waals surface area contributed by atoms with E-state index in [1.54, 1.807) is 60.7 Å². The second-order valence-corrected chi connectivity index (χ2v) is 7.77. The molecule has 4 aromatic rings. The largest absolute Gasteiger partial charge is 0.427 e. The van der Waals surface area contributed by atoms with E-state index in [1.165, 1.54) is 12.1 Å². The highest BCUT2D eigenvalue weighted by atomic mass is 35.5. The van der Waals surface area contributed by atoms with Crippen LogP contribution in [0, 0.1) is 5.82 Å². The number of aromatic nitrogens is 2. The number of carbonyl (C=O) groups excluding carboxylic acids is 2. The number of hydrogen-bond donors (Lipinski definition) is 1. The second-order valence-electron chi connectivity index (χ2n) is 7.33. The zero-order valence-electron chi connectivity index (χ0n) is 17.8. The van der Waals surface area contributed by atoms with Crippen LogP contribution >= 0.6 is 11.6 Å². The van der Waals surface area contributed by atoms with Gasteiger partial charge in [-0.2, -0.15) is 4.98 Å². The molecule has 0 aliphatic carbocycles. The molecule has 0 spiro atoms. The molecule has 0 saturated carbocycles. The highest BCUT2D eigenvalue weighted by Gasteiger charge is 2.11. The maximum Gasteiger partial charge on any atom is 0.311 e. The predicted molar refractivity (Wildman–Crippen MR) is 124 cm³/mol. The van der Waals surface area contributed by atoms with Gasteiger partial charge in [-0.15, -0.1) is 0 Å². The molecule has 1 heterocycles. The number of rotatable bonds is 8. The molecule has 1 aromatic heterocycles. The first kappa shape index (κ1) is 23.1. The number of esters is 1. The highest BCUT2D eigenvalue weighted by Crippen LogP contribution is 2.19. The number of halogens is 2. The van der Waals surface area contributed by atoms with Gasteiger partial charge in [-0.05, 0) is 79.2 Å². The number of benzene rings is 3. The first-order valence-corrected chi connectivity index (χ1v) is 10.8. The third kappa shape index (κ3) is 6.26. The van der Waals surface area contributed by atoms with Crippen molar-refractivity contribution in [2.75, 3.05) is 5.32 Å². The lowest BCUT2D eigenvalue weighted by atomic mass is 10.2. The standard InChI is InChI=1S/C25H19ClFN3O4/c26-18-8-4-17(5-9-18)25(32)28-20-12-14-21(15-13-20)33-23(31)3-1-2-22-29-24(30-34-22)16-6-10-19(27)11-7-16/h4-15H,1-3H2,(H,28,32). The Hall–Kier alpha value is -4.04. The van der Waals surface area contributed by atoms with Crippen molar-refractivity contribution in [3.05, 3.63) is 95.1 Å². The molecule has 0 unspecified atom stereocenters. The van der Waals surface area contributed by atoms with Gasteiger partial charge in [0, 0.05) is 34.7 Å². The van der Waals surface area contributed by atoms with Crippen LogP contribution in [0.2, 0.25) is 5.02 Å².